The summed E-state index contributed by atoms with van der Waals surface area (Å²) in [5.74, 6) is 1.24. The van der Waals surface area contributed by atoms with Gasteiger partial charge in [-0.2, -0.15) is 0 Å². The molecule has 0 spiro atoms. The molecule has 2 fully saturated rings. The van der Waals surface area contributed by atoms with Crippen molar-refractivity contribution in [2.75, 3.05) is 5.32 Å². The number of carbonyl (C=O) groups is 1. The molecule has 0 unspecified atom stereocenters. The first-order valence-corrected chi connectivity index (χ1v) is 7.47. The Hall–Kier alpha value is -1.84. The first-order chi connectivity index (χ1) is 9.72. The molecule has 4 heteroatoms. The van der Waals surface area contributed by atoms with Crippen LogP contribution in [0, 0.1) is 11.8 Å². The van der Waals surface area contributed by atoms with Crippen molar-refractivity contribution in [1.82, 2.24) is 4.98 Å². The molecular formula is C16H19N3O. The molecule has 0 saturated heterocycles. The molecule has 3 N–H and O–H groups in total. The van der Waals surface area contributed by atoms with Crippen LogP contribution in [0.2, 0.25) is 0 Å². The van der Waals surface area contributed by atoms with E-state index >= 15 is 0 Å². The summed E-state index contributed by atoms with van der Waals surface area (Å²) >= 11 is 0. The Labute approximate surface area is 118 Å². The van der Waals surface area contributed by atoms with Crippen molar-refractivity contribution in [2.45, 2.75) is 38.1 Å². The zero-order chi connectivity index (χ0) is 13.7. The maximum absolute atomic E-state index is 11.7. The predicted molar refractivity (Wildman–Crippen MR) is 78.4 cm³/mol. The Morgan fingerprint density at radius 1 is 1.35 bits per heavy atom. The van der Waals surface area contributed by atoms with E-state index < -0.39 is 5.91 Å². The van der Waals surface area contributed by atoms with Crippen molar-refractivity contribution < 1.29 is 4.79 Å². The fraction of sp³-hybridized carbons (Fsp3) is 0.500. The molecule has 1 aromatic rings. The molecule has 4 rings (SSSR count). The second-order valence-electron chi connectivity index (χ2n) is 6.30. The molecule has 4 nitrogen and oxygen atoms in total. The zero-order valence-electron chi connectivity index (χ0n) is 11.4. The maximum Gasteiger partial charge on any atom is 0.252 e. The average Bonchev–Trinajstić information content (AvgIpc) is 3.14. The van der Waals surface area contributed by atoms with Crippen LogP contribution in [0.3, 0.4) is 0 Å². The van der Waals surface area contributed by atoms with Gasteiger partial charge in [0.2, 0.25) is 0 Å². The van der Waals surface area contributed by atoms with Crippen LogP contribution in [0.4, 0.5) is 5.69 Å². The number of primary amides is 1. The van der Waals surface area contributed by atoms with E-state index in [9.17, 15) is 4.79 Å². The molecule has 3 atom stereocenters. The van der Waals surface area contributed by atoms with Gasteiger partial charge in [-0.3, -0.25) is 9.78 Å². The third kappa shape index (κ3) is 1.74. The standard InChI is InChI=1S/C16H19N3O/c17-16(20)12-8-18-13-3-1-2-11(13)15(12)19-14-7-9-4-5-10(14)6-9/h1-2,8-10,14H,3-7H2,(H2,17,20)(H,18,19)/t9-,10+,14-/m0/s1. The molecule has 1 aromatic heterocycles. The molecule has 0 radical (unpaired) electrons. The van der Waals surface area contributed by atoms with E-state index in [4.69, 9.17) is 5.73 Å². The predicted octanol–water partition coefficient (Wildman–Crippen LogP) is 2.35. The highest BCUT2D eigenvalue weighted by Crippen LogP contribution is 2.46. The van der Waals surface area contributed by atoms with Crippen molar-refractivity contribution in [2.24, 2.45) is 17.6 Å². The molecule has 1 heterocycles. The third-order valence-electron chi connectivity index (χ3n) is 5.13. The summed E-state index contributed by atoms with van der Waals surface area (Å²) in [6, 6.07) is 0.493. The normalized spacial score (nSPS) is 29.7. The Kier molecular flexibility index (Phi) is 2.59. The number of nitrogens with one attached hydrogen (secondary N) is 1. The quantitative estimate of drug-likeness (QED) is 0.885. The number of pyridine rings is 1. The van der Waals surface area contributed by atoms with Crippen LogP contribution in [0.25, 0.3) is 6.08 Å². The van der Waals surface area contributed by atoms with E-state index in [1.807, 2.05) is 0 Å². The first kappa shape index (κ1) is 11.9. The summed E-state index contributed by atoms with van der Waals surface area (Å²) in [6.45, 7) is 0. The van der Waals surface area contributed by atoms with Gasteiger partial charge in [0.1, 0.15) is 0 Å². The van der Waals surface area contributed by atoms with Crippen LogP contribution in [-0.2, 0) is 6.42 Å². The molecule has 0 aliphatic heterocycles. The fourth-order valence-corrected chi connectivity index (χ4v) is 4.15. The van der Waals surface area contributed by atoms with Crippen LogP contribution >= 0.6 is 0 Å². The van der Waals surface area contributed by atoms with Crippen molar-refractivity contribution in [3.05, 3.63) is 29.1 Å². The maximum atomic E-state index is 11.7. The number of hydrogen-bond donors (Lipinski definition) is 2. The van der Waals surface area contributed by atoms with Gasteiger partial charge in [0.05, 0.1) is 16.9 Å². The summed E-state index contributed by atoms with van der Waals surface area (Å²) in [5, 5.41) is 3.63. The lowest BCUT2D eigenvalue weighted by Crippen LogP contribution is -2.28. The topological polar surface area (TPSA) is 68.0 Å². The number of carbonyl (C=O) groups excluding carboxylic acids is 1. The highest BCUT2D eigenvalue weighted by atomic mass is 16.1. The van der Waals surface area contributed by atoms with Crippen LogP contribution < -0.4 is 11.1 Å². The van der Waals surface area contributed by atoms with Crippen LogP contribution in [0.15, 0.2) is 12.3 Å². The molecule has 1 amide bonds. The molecule has 104 valence electrons. The van der Waals surface area contributed by atoms with Gasteiger partial charge < -0.3 is 11.1 Å². The number of hydrogen-bond acceptors (Lipinski definition) is 3. The minimum absolute atomic E-state index is 0.397. The lowest BCUT2D eigenvalue weighted by Gasteiger charge is -2.26. The van der Waals surface area contributed by atoms with Crippen LogP contribution in [-0.4, -0.2) is 16.9 Å². The lowest BCUT2D eigenvalue weighted by molar-refractivity contribution is 0.100. The molecular weight excluding hydrogens is 250 g/mol. The van der Waals surface area contributed by atoms with Gasteiger partial charge in [0, 0.05) is 24.2 Å². The Morgan fingerprint density at radius 3 is 2.95 bits per heavy atom. The highest BCUT2D eigenvalue weighted by Gasteiger charge is 2.40. The van der Waals surface area contributed by atoms with Gasteiger partial charge in [-0.1, -0.05) is 18.6 Å². The van der Waals surface area contributed by atoms with Crippen molar-refractivity contribution in [1.29, 1.82) is 0 Å². The summed E-state index contributed by atoms with van der Waals surface area (Å²) in [7, 11) is 0. The number of aromatic nitrogens is 1. The SMILES string of the molecule is NC(=O)c1cnc2c(c1N[C@H]1C[C@H]3CC[C@@H]1C3)C=CC2. The van der Waals surface area contributed by atoms with Gasteiger partial charge in [0.25, 0.3) is 5.91 Å². The van der Waals surface area contributed by atoms with Gasteiger partial charge in [0.15, 0.2) is 0 Å². The number of allylic oxidation sites excluding steroid dienone is 1. The van der Waals surface area contributed by atoms with Crippen molar-refractivity contribution in [3.8, 4) is 0 Å². The summed E-state index contributed by atoms with van der Waals surface area (Å²) < 4.78 is 0. The molecule has 2 bridgehead atoms. The van der Waals surface area contributed by atoms with Crippen molar-refractivity contribution >= 4 is 17.7 Å². The van der Waals surface area contributed by atoms with Gasteiger partial charge in [-0.05, 0) is 31.1 Å². The van der Waals surface area contributed by atoms with Crippen LogP contribution in [0.1, 0.15) is 47.3 Å². The number of fused-ring (bicyclic) bond motifs is 3. The molecule has 20 heavy (non-hydrogen) atoms. The van der Waals surface area contributed by atoms with E-state index in [1.165, 1.54) is 25.7 Å². The fourth-order valence-electron chi connectivity index (χ4n) is 4.15. The van der Waals surface area contributed by atoms with E-state index in [2.05, 4.69) is 22.5 Å². The molecule has 0 aromatic carbocycles. The largest absolute Gasteiger partial charge is 0.381 e. The number of amides is 1. The summed E-state index contributed by atoms with van der Waals surface area (Å²) in [6.07, 6.45) is 11.9. The van der Waals surface area contributed by atoms with Gasteiger partial charge in [-0.25, -0.2) is 0 Å². The van der Waals surface area contributed by atoms with Gasteiger partial charge in [-0.15, -0.1) is 0 Å². The minimum Gasteiger partial charge on any atom is -0.381 e. The van der Waals surface area contributed by atoms with E-state index in [1.54, 1.807) is 6.20 Å². The summed E-state index contributed by atoms with van der Waals surface area (Å²) in [4.78, 5) is 16.0. The lowest BCUT2D eigenvalue weighted by atomic mass is 9.94. The van der Waals surface area contributed by atoms with Gasteiger partial charge >= 0.3 is 0 Å². The first-order valence-electron chi connectivity index (χ1n) is 7.47. The Balaban J connectivity index is 1.71. The third-order valence-corrected chi connectivity index (χ3v) is 5.13. The zero-order valence-corrected chi connectivity index (χ0v) is 11.4. The molecule has 3 aliphatic carbocycles. The number of rotatable bonds is 3. The Morgan fingerprint density at radius 2 is 2.25 bits per heavy atom. The van der Waals surface area contributed by atoms with E-state index in [0.29, 0.717) is 11.6 Å². The second kappa shape index (κ2) is 4.33. The molecule has 3 aliphatic rings. The van der Waals surface area contributed by atoms with Crippen molar-refractivity contribution in [3.63, 3.8) is 0 Å². The van der Waals surface area contributed by atoms with E-state index in [-0.39, 0.29) is 0 Å². The number of nitrogens with two attached hydrogens (primary N) is 1. The van der Waals surface area contributed by atoms with Crippen LogP contribution in [0.5, 0.6) is 0 Å². The second-order valence-corrected chi connectivity index (χ2v) is 6.30. The monoisotopic (exact) mass is 269 g/mol. The number of nitrogens with zero attached hydrogens (tertiary/aromatic N) is 1. The Bertz CT molecular complexity index is 608. The van der Waals surface area contributed by atoms with E-state index in [0.717, 1.165) is 35.2 Å². The minimum atomic E-state index is -0.397. The smallest absolute Gasteiger partial charge is 0.252 e. The molecule has 2 saturated carbocycles. The average molecular weight is 269 g/mol. The summed E-state index contributed by atoms with van der Waals surface area (Å²) in [5.41, 5.74) is 9.05. The number of anilines is 1. The highest BCUT2D eigenvalue weighted by molar-refractivity contribution is 6.00.